The Kier molecular flexibility index (Phi) is 4.68. The molecule has 0 atom stereocenters. The number of aromatic hydroxyl groups is 3. The molecule has 1 aromatic heterocycles. The minimum absolute atomic E-state index is 0.0859. The molecule has 138 valence electrons. The van der Waals surface area contributed by atoms with Gasteiger partial charge in [0.2, 0.25) is 0 Å². The molecule has 1 aromatic carbocycles. The van der Waals surface area contributed by atoms with Crippen molar-refractivity contribution in [1.29, 1.82) is 0 Å². The number of rotatable bonds is 3. The summed E-state index contributed by atoms with van der Waals surface area (Å²) in [6, 6.07) is 2.51. The number of nitrogens with zero attached hydrogens (tertiary/aromatic N) is 3. The van der Waals surface area contributed by atoms with Crippen molar-refractivity contribution >= 4 is 0 Å². The Morgan fingerprint density at radius 2 is 1.77 bits per heavy atom. The van der Waals surface area contributed by atoms with E-state index in [1.807, 2.05) is 6.20 Å². The van der Waals surface area contributed by atoms with Crippen LogP contribution in [0.15, 0.2) is 18.3 Å². The van der Waals surface area contributed by atoms with E-state index in [1.165, 1.54) is 44.2 Å². The number of hydrogen-bond acceptors (Lipinski definition) is 6. The van der Waals surface area contributed by atoms with Crippen LogP contribution in [0.25, 0.3) is 0 Å². The highest BCUT2D eigenvalue weighted by Gasteiger charge is 2.24. The predicted molar refractivity (Wildman–Crippen MR) is 97.1 cm³/mol. The van der Waals surface area contributed by atoms with Crippen LogP contribution in [-0.2, 0) is 19.5 Å². The third kappa shape index (κ3) is 3.46. The molecule has 2 heterocycles. The van der Waals surface area contributed by atoms with E-state index in [2.05, 4.69) is 9.88 Å². The first-order valence-corrected chi connectivity index (χ1v) is 9.41. The van der Waals surface area contributed by atoms with E-state index in [0.29, 0.717) is 24.6 Å². The lowest BCUT2D eigenvalue weighted by molar-refractivity contribution is 0.235. The molecule has 1 saturated carbocycles. The molecule has 0 spiro atoms. The molecule has 0 bridgehead atoms. The Morgan fingerprint density at radius 1 is 1.04 bits per heavy atom. The molecule has 6 nitrogen and oxygen atoms in total. The van der Waals surface area contributed by atoms with Crippen LogP contribution in [0.5, 0.6) is 17.2 Å². The molecule has 2 aromatic rings. The van der Waals surface area contributed by atoms with E-state index >= 15 is 0 Å². The van der Waals surface area contributed by atoms with Crippen LogP contribution in [0, 0.1) is 0 Å². The Hall–Kier alpha value is -2.34. The highest BCUT2D eigenvalue weighted by atomic mass is 16.3. The predicted octanol–water partition coefficient (Wildman–Crippen LogP) is 3.20. The van der Waals surface area contributed by atoms with Crippen molar-refractivity contribution in [1.82, 2.24) is 14.9 Å². The highest BCUT2D eigenvalue weighted by Crippen LogP contribution is 2.34. The van der Waals surface area contributed by atoms with Gasteiger partial charge in [-0.15, -0.1) is 0 Å². The first-order chi connectivity index (χ1) is 12.6. The summed E-state index contributed by atoms with van der Waals surface area (Å²) in [5, 5.41) is 29.5. The zero-order chi connectivity index (χ0) is 18.1. The molecular weight excluding hydrogens is 330 g/mol. The smallest absolute Gasteiger partial charge is 0.131 e. The maximum absolute atomic E-state index is 10.0. The van der Waals surface area contributed by atoms with Crippen molar-refractivity contribution in [2.45, 2.75) is 57.5 Å². The van der Waals surface area contributed by atoms with Crippen LogP contribution in [0.3, 0.4) is 0 Å². The summed E-state index contributed by atoms with van der Waals surface area (Å²) in [6.07, 6.45) is 9.07. The third-order valence-corrected chi connectivity index (χ3v) is 5.57. The third-order valence-electron chi connectivity index (χ3n) is 5.57. The van der Waals surface area contributed by atoms with Gasteiger partial charge in [0.1, 0.15) is 23.1 Å². The SMILES string of the molecule is Oc1cc(O)c(CN2CCc3nc(C4CCCCC4)ncc3C2)c(O)c1. The number of phenolic OH excluding ortho intramolecular Hbond substituents is 3. The summed E-state index contributed by atoms with van der Waals surface area (Å²) in [5.74, 6) is 1.20. The minimum atomic E-state index is -0.142. The van der Waals surface area contributed by atoms with E-state index in [9.17, 15) is 15.3 Å². The molecule has 0 amide bonds. The van der Waals surface area contributed by atoms with Gasteiger partial charge in [-0.25, -0.2) is 9.97 Å². The van der Waals surface area contributed by atoms with Gasteiger partial charge in [-0.1, -0.05) is 19.3 Å². The van der Waals surface area contributed by atoms with Gasteiger partial charge in [-0.3, -0.25) is 4.90 Å². The fraction of sp³-hybridized carbons (Fsp3) is 0.500. The monoisotopic (exact) mass is 355 g/mol. The van der Waals surface area contributed by atoms with Crippen molar-refractivity contribution < 1.29 is 15.3 Å². The van der Waals surface area contributed by atoms with E-state index in [-0.39, 0.29) is 17.2 Å². The average molecular weight is 355 g/mol. The van der Waals surface area contributed by atoms with E-state index < -0.39 is 0 Å². The van der Waals surface area contributed by atoms with Crippen LogP contribution in [0.4, 0.5) is 0 Å². The molecule has 0 radical (unpaired) electrons. The first kappa shape index (κ1) is 17.1. The fourth-order valence-electron chi connectivity index (χ4n) is 4.10. The lowest BCUT2D eigenvalue weighted by Gasteiger charge is -2.29. The number of fused-ring (bicyclic) bond motifs is 1. The van der Waals surface area contributed by atoms with Crippen LogP contribution >= 0.6 is 0 Å². The van der Waals surface area contributed by atoms with Gasteiger partial charge in [0.05, 0.1) is 0 Å². The standard InChI is InChI=1S/C20H25N3O3/c24-15-8-18(25)16(19(26)9-15)12-23-7-6-17-14(11-23)10-21-20(22-17)13-4-2-1-3-5-13/h8-10,13,24-26H,1-7,11-12H2. The number of hydrogen-bond donors (Lipinski definition) is 3. The molecule has 2 aliphatic rings. The zero-order valence-electron chi connectivity index (χ0n) is 14.9. The molecule has 3 N–H and O–H groups in total. The topological polar surface area (TPSA) is 89.7 Å². The van der Waals surface area contributed by atoms with Crippen molar-refractivity contribution in [3.63, 3.8) is 0 Å². The van der Waals surface area contributed by atoms with Gasteiger partial charge < -0.3 is 15.3 Å². The molecule has 26 heavy (non-hydrogen) atoms. The Labute approximate surface area is 153 Å². The molecule has 1 aliphatic heterocycles. The van der Waals surface area contributed by atoms with Gasteiger partial charge in [0.25, 0.3) is 0 Å². The van der Waals surface area contributed by atoms with E-state index in [4.69, 9.17) is 4.98 Å². The van der Waals surface area contributed by atoms with Gasteiger partial charge in [-0.2, -0.15) is 0 Å². The quantitative estimate of drug-likeness (QED) is 0.783. The summed E-state index contributed by atoms with van der Waals surface area (Å²) in [6.45, 7) is 1.93. The Bertz CT molecular complexity index is 780. The normalized spacial score (nSPS) is 18.6. The first-order valence-electron chi connectivity index (χ1n) is 9.41. The molecule has 1 aliphatic carbocycles. The summed E-state index contributed by atoms with van der Waals surface area (Å²) >= 11 is 0. The van der Waals surface area contributed by atoms with Crippen LogP contribution in [0.1, 0.15) is 60.7 Å². The highest BCUT2D eigenvalue weighted by molar-refractivity contribution is 5.48. The molecular formula is C20H25N3O3. The van der Waals surface area contributed by atoms with Crippen molar-refractivity contribution in [3.8, 4) is 17.2 Å². The minimum Gasteiger partial charge on any atom is -0.508 e. The maximum atomic E-state index is 10.0. The van der Waals surface area contributed by atoms with E-state index in [1.54, 1.807) is 0 Å². The summed E-state index contributed by atoms with van der Waals surface area (Å²) < 4.78 is 0. The molecule has 0 saturated heterocycles. The Morgan fingerprint density at radius 3 is 2.50 bits per heavy atom. The molecule has 6 heteroatoms. The summed E-state index contributed by atoms with van der Waals surface area (Å²) in [4.78, 5) is 11.6. The van der Waals surface area contributed by atoms with Gasteiger partial charge in [0, 0.05) is 67.1 Å². The van der Waals surface area contributed by atoms with Crippen LogP contribution in [0.2, 0.25) is 0 Å². The number of benzene rings is 1. The fourth-order valence-corrected chi connectivity index (χ4v) is 4.10. The summed E-state index contributed by atoms with van der Waals surface area (Å²) in [7, 11) is 0. The lowest BCUT2D eigenvalue weighted by atomic mass is 9.88. The number of aromatic nitrogens is 2. The van der Waals surface area contributed by atoms with Crippen molar-refractivity contribution in [2.75, 3.05) is 6.54 Å². The Balaban J connectivity index is 1.48. The lowest BCUT2D eigenvalue weighted by Crippen LogP contribution is -2.31. The van der Waals surface area contributed by atoms with Gasteiger partial charge >= 0.3 is 0 Å². The zero-order valence-corrected chi connectivity index (χ0v) is 14.9. The largest absolute Gasteiger partial charge is 0.508 e. The van der Waals surface area contributed by atoms with Crippen molar-refractivity contribution in [2.24, 2.45) is 0 Å². The second kappa shape index (κ2) is 7.11. The van der Waals surface area contributed by atoms with Gasteiger partial charge in [-0.05, 0) is 12.8 Å². The van der Waals surface area contributed by atoms with E-state index in [0.717, 1.165) is 30.0 Å². The maximum Gasteiger partial charge on any atom is 0.131 e. The van der Waals surface area contributed by atoms with Crippen molar-refractivity contribution in [3.05, 3.63) is 41.0 Å². The second-order valence-corrected chi connectivity index (χ2v) is 7.46. The molecule has 0 unspecified atom stereocenters. The molecule has 4 rings (SSSR count). The average Bonchev–Trinajstić information content (AvgIpc) is 2.65. The van der Waals surface area contributed by atoms with Crippen LogP contribution < -0.4 is 0 Å². The van der Waals surface area contributed by atoms with Gasteiger partial charge in [0.15, 0.2) is 0 Å². The number of phenols is 3. The second-order valence-electron chi connectivity index (χ2n) is 7.46. The van der Waals surface area contributed by atoms with Crippen LogP contribution in [-0.4, -0.2) is 36.7 Å². The molecule has 1 fully saturated rings. The summed E-state index contributed by atoms with van der Waals surface area (Å²) in [5.41, 5.74) is 2.69.